The molecule has 2 aliphatic rings. The first kappa shape index (κ1) is 16.4. The maximum Gasteiger partial charge on any atom is 0.245 e. The van der Waals surface area contributed by atoms with Gasteiger partial charge < -0.3 is 4.98 Å². The number of likely N-dealkylation sites (N-methyl/N-ethyl adjacent to an activating group) is 1. The van der Waals surface area contributed by atoms with Crippen molar-refractivity contribution in [1.29, 1.82) is 0 Å². The van der Waals surface area contributed by atoms with Crippen molar-refractivity contribution in [2.45, 2.75) is 19.4 Å². The fourth-order valence-corrected chi connectivity index (χ4v) is 4.43. The molecule has 4 rings (SSSR count). The minimum Gasteiger partial charge on any atom is -0.361 e. The van der Waals surface area contributed by atoms with Crippen molar-refractivity contribution in [2.24, 2.45) is 5.92 Å². The van der Waals surface area contributed by atoms with Crippen molar-refractivity contribution < 1.29 is 4.79 Å². The molecular weight excluding hydrogens is 312 g/mol. The zero-order valence-corrected chi connectivity index (χ0v) is 15.4. The molecule has 1 aromatic carbocycles. The third-order valence-corrected chi connectivity index (χ3v) is 5.62. The number of aromatic amines is 1. The summed E-state index contributed by atoms with van der Waals surface area (Å²) in [7, 11) is 6.00. The van der Waals surface area contributed by atoms with E-state index in [9.17, 15) is 4.79 Å². The number of fused-ring (bicyclic) bond motifs is 2. The van der Waals surface area contributed by atoms with Crippen molar-refractivity contribution in [3.05, 3.63) is 41.6 Å². The van der Waals surface area contributed by atoms with Gasteiger partial charge in [0.2, 0.25) is 5.91 Å². The third-order valence-electron chi connectivity index (χ3n) is 5.62. The van der Waals surface area contributed by atoms with E-state index in [4.69, 9.17) is 0 Å². The second kappa shape index (κ2) is 6.00. The molecule has 0 saturated carbocycles. The van der Waals surface area contributed by atoms with Crippen molar-refractivity contribution >= 4 is 22.4 Å². The maximum atomic E-state index is 13.0. The topological polar surface area (TPSA) is 42.6 Å². The Labute approximate surface area is 148 Å². The number of carbonyl (C=O) groups excluding carboxylic acids is 1. The molecule has 0 fully saturated rings. The third kappa shape index (κ3) is 2.50. The van der Waals surface area contributed by atoms with Crippen LogP contribution in [0.4, 0.5) is 0 Å². The number of hydrazine groups is 1. The molecular formula is C20H26N4O. The molecule has 0 bridgehead atoms. The monoisotopic (exact) mass is 338 g/mol. The van der Waals surface area contributed by atoms with Crippen LogP contribution < -0.4 is 0 Å². The Morgan fingerprint density at radius 2 is 2.16 bits per heavy atom. The Balaban J connectivity index is 1.78. The average Bonchev–Trinajstić information content (AvgIpc) is 3.00. The highest BCUT2D eigenvalue weighted by molar-refractivity contribution is 5.99. The zero-order valence-electron chi connectivity index (χ0n) is 15.4. The van der Waals surface area contributed by atoms with Crippen molar-refractivity contribution in [1.82, 2.24) is 19.9 Å². The van der Waals surface area contributed by atoms with Crippen LogP contribution in [0.25, 0.3) is 16.5 Å². The van der Waals surface area contributed by atoms with Crippen molar-refractivity contribution in [2.75, 3.05) is 34.2 Å². The molecule has 25 heavy (non-hydrogen) atoms. The fourth-order valence-electron chi connectivity index (χ4n) is 4.43. The van der Waals surface area contributed by atoms with Crippen LogP contribution in [0.1, 0.15) is 18.1 Å². The van der Waals surface area contributed by atoms with E-state index < -0.39 is 0 Å². The van der Waals surface area contributed by atoms with Gasteiger partial charge in [-0.3, -0.25) is 14.7 Å². The molecule has 0 radical (unpaired) electrons. The molecule has 1 aromatic heterocycles. The number of H-pyrrole nitrogens is 1. The molecule has 2 aromatic rings. The predicted molar refractivity (Wildman–Crippen MR) is 101 cm³/mol. The minimum atomic E-state index is -0.102. The number of aromatic nitrogens is 1. The smallest absolute Gasteiger partial charge is 0.245 e. The Hall–Kier alpha value is -2.11. The molecule has 1 aliphatic heterocycles. The van der Waals surface area contributed by atoms with Crippen LogP contribution >= 0.6 is 0 Å². The molecule has 0 saturated heterocycles. The lowest BCUT2D eigenvalue weighted by molar-refractivity contribution is -0.148. The summed E-state index contributed by atoms with van der Waals surface area (Å²) < 4.78 is 0. The second-order valence-corrected chi connectivity index (χ2v) is 7.33. The summed E-state index contributed by atoms with van der Waals surface area (Å²) in [5.74, 6) is 0.0756. The van der Waals surface area contributed by atoms with E-state index in [0.717, 1.165) is 13.0 Å². The predicted octanol–water partition coefficient (Wildman–Crippen LogP) is 2.36. The second-order valence-electron chi connectivity index (χ2n) is 7.33. The first-order chi connectivity index (χ1) is 12.0. The van der Waals surface area contributed by atoms with E-state index in [1.807, 2.05) is 31.0 Å². The van der Waals surface area contributed by atoms with Gasteiger partial charge in [-0.2, -0.15) is 0 Å². The molecule has 1 N–H and O–H groups in total. The molecule has 2 atom stereocenters. The van der Waals surface area contributed by atoms with E-state index >= 15 is 0 Å². The van der Waals surface area contributed by atoms with E-state index in [2.05, 4.69) is 47.4 Å². The van der Waals surface area contributed by atoms with Gasteiger partial charge in [0.1, 0.15) is 0 Å². The highest BCUT2D eigenvalue weighted by Crippen LogP contribution is 2.40. The van der Waals surface area contributed by atoms with Gasteiger partial charge in [0, 0.05) is 50.3 Å². The Bertz CT molecular complexity index is 850. The average molecular weight is 338 g/mol. The van der Waals surface area contributed by atoms with Gasteiger partial charge >= 0.3 is 0 Å². The SMILES string of the molecule is CCN(C(=O)C1C=C2c3cccc4[nH]cc(c34)CC2N(C)C1)N(C)C. The first-order valence-corrected chi connectivity index (χ1v) is 9.01. The Morgan fingerprint density at radius 3 is 2.88 bits per heavy atom. The van der Waals surface area contributed by atoms with Crippen LogP contribution in [-0.4, -0.2) is 66.1 Å². The van der Waals surface area contributed by atoms with Gasteiger partial charge in [-0.25, -0.2) is 5.01 Å². The van der Waals surface area contributed by atoms with Crippen LogP contribution in [0, 0.1) is 5.92 Å². The van der Waals surface area contributed by atoms with Crippen LogP contribution in [-0.2, 0) is 11.2 Å². The summed E-state index contributed by atoms with van der Waals surface area (Å²) in [6, 6.07) is 6.78. The van der Waals surface area contributed by atoms with E-state index in [-0.39, 0.29) is 11.8 Å². The zero-order chi connectivity index (χ0) is 17.7. The molecule has 0 spiro atoms. The first-order valence-electron chi connectivity index (χ1n) is 9.01. The van der Waals surface area contributed by atoms with E-state index in [1.54, 1.807) is 0 Å². The number of nitrogens with one attached hydrogen (secondary N) is 1. The van der Waals surface area contributed by atoms with Gasteiger partial charge in [0.25, 0.3) is 0 Å². The number of hydrogen-bond acceptors (Lipinski definition) is 3. The number of rotatable bonds is 3. The van der Waals surface area contributed by atoms with E-state index in [0.29, 0.717) is 12.6 Å². The quantitative estimate of drug-likeness (QED) is 0.874. The number of benzene rings is 1. The van der Waals surface area contributed by atoms with Crippen LogP contribution in [0.5, 0.6) is 0 Å². The van der Waals surface area contributed by atoms with Crippen molar-refractivity contribution in [3.63, 3.8) is 0 Å². The lowest BCUT2D eigenvalue weighted by atomic mass is 9.80. The summed E-state index contributed by atoms with van der Waals surface area (Å²) >= 11 is 0. The fraction of sp³-hybridized carbons (Fsp3) is 0.450. The molecule has 1 aliphatic carbocycles. The van der Waals surface area contributed by atoms with Crippen LogP contribution in [0.15, 0.2) is 30.5 Å². The van der Waals surface area contributed by atoms with Gasteiger partial charge in [0.05, 0.1) is 5.92 Å². The Morgan fingerprint density at radius 1 is 1.36 bits per heavy atom. The minimum absolute atomic E-state index is 0.102. The summed E-state index contributed by atoms with van der Waals surface area (Å²) in [6.07, 6.45) is 5.37. The normalized spacial score (nSPS) is 22.8. The van der Waals surface area contributed by atoms with Gasteiger partial charge in [-0.1, -0.05) is 18.2 Å². The summed E-state index contributed by atoms with van der Waals surface area (Å²) in [4.78, 5) is 18.8. The number of carbonyl (C=O) groups is 1. The highest BCUT2D eigenvalue weighted by Gasteiger charge is 2.36. The lowest BCUT2D eigenvalue weighted by Gasteiger charge is -2.41. The largest absolute Gasteiger partial charge is 0.361 e. The van der Waals surface area contributed by atoms with E-state index in [1.165, 1.54) is 27.6 Å². The molecule has 1 amide bonds. The van der Waals surface area contributed by atoms with Gasteiger partial charge in [-0.15, -0.1) is 0 Å². The molecule has 2 unspecified atom stereocenters. The van der Waals surface area contributed by atoms with Crippen LogP contribution in [0.3, 0.4) is 0 Å². The molecule has 2 heterocycles. The summed E-state index contributed by atoms with van der Waals surface area (Å²) in [5, 5.41) is 5.03. The number of amides is 1. The standard InChI is InChI=1S/C20H26N4O/c1-5-24(22(2)3)20(25)14-9-16-15-7-6-8-17-19(15)13(11-21-17)10-18(16)23(4)12-14/h6-9,11,14,18,21H,5,10,12H2,1-4H3. The number of hydrogen-bond donors (Lipinski definition) is 1. The summed E-state index contributed by atoms with van der Waals surface area (Å²) in [5.41, 5.74) is 5.15. The van der Waals surface area contributed by atoms with Crippen LogP contribution in [0.2, 0.25) is 0 Å². The number of nitrogens with zero attached hydrogens (tertiary/aromatic N) is 3. The van der Waals surface area contributed by atoms with Crippen molar-refractivity contribution in [3.8, 4) is 0 Å². The van der Waals surface area contributed by atoms with Gasteiger partial charge in [-0.05, 0) is 43.2 Å². The lowest BCUT2D eigenvalue weighted by Crippen LogP contribution is -2.50. The summed E-state index contributed by atoms with van der Waals surface area (Å²) in [6.45, 7) is 3.48. The maximum absolute atomic E-state index is 13.0. The van der Waals surface area contributed by atoms with Gasteiger partial charge in [0.15, 0.2) is 0 Å². The molecule has 5 heteroatoms. The highest BCUT2D eigenvalue weighted by atomic mass is 16.2. The molecule has 5 nitrogen and oxygen atoms in total. The molecule has 132 valence electrons. The Kier molecular flexibility index (Phi) is 3.93.